The van der Waals surface area contributed by atoms with Crippen LogP contribution in [0.25, 0.3) is 10.9 Å². The van der Waals surface area contributed by atoms with Crippen molar-refractivity contribution in [3.8, 4) is 5.75 Å². The van der Waals surface area contributed by atoms with Crippen LogP contribution >= 0.6 is 0 Å². The van der Waals surface area contributed by atoms with Gasteiger partial charge in [-0.05, 0) is 35.9 Å². The van der Waals surface area contributed by atoms with Crippen molar-refractivity contribution in [2.45, 2.75) is 0 Å². The van der Waals surface area contributed by atoms with Gasteiger partial charge < -0.3 is 4.74 Å². The molecule has 0 saturated carbocycles. The first-order valence-corrected chi connectivity index (χ1v) is 6.74. The molecule has 3 aromatic rings. The lowest BCUT2D eigenvalue weighted by Gasteiger charge is -2.06. The van der Waals surface area contributed by atoms with Crippen molar-refractivity contribution < 1.29 is 9.13 Å². The molecule has 0 amide bonds. The van der Waals surface area contributed by atoms with Gasteiger partial charge in [0.25, 0.3) is 0 Å². The highest BCUT2D eigenvalue weighted by atomic mass is 19.1. The molecule has 0 bridgehead atoms. The first-order valence-electron chi connectivity index (χ1n) is 6.74. The van der Waals surface area contributed by atoms with Gasteiger partial charge in [-0.1, -0.05) is 12.1 Å². The molecule has 0 aliphatic carbocycles. The van der Waals surface area contributed by atoms with E-state index in [2.05, 4.69) is 15.5 Å². The Balaban J connectivity index is 1.83. The second-order valence-electron chi connectivity index (χ2n) is 4.66. The quantitative estimate of drug-likeness (QED) is 0.588. The van der Waals surface area contributed by atoms with Crippen molar-refractivity contribution >= 4 is 22.8 Å². The van der Waals surface area contributed by atoms with Crippen molar-refractivity contribution in [1.82, 2.24) is 4.98 Å². The maximum absolute atomic E-state index is 12.8. The summed E-state index contributed by atoms with van der Waals surface area (Å²) in [6.45, 7) is 0. The fraction of sp³-hybridized carbons (Fsp3) is 0.0588. The van der Waals surface area contributed by atoms with Gasteiger partial charge in [-0.2, -0.15) is 5.10 Å². The second-order valence-corrected chi connectivity index (χ2v) is 4.66. The number of halogens is 1. The fourth-order valence-electron chi connectivity index (χ4n) is 2.08. The Morgan fingerprint density at radius 2 is 1.95 bits per heavy atom. The number of methoxy groups -OCH3 is 1. The van der Waals surface area contributed by atoms with Crippen LogP contribution < -0.4 is 10.2 Å². The Morgan fingerprint density at radius 3 is 2.73 bits per heavy atom. The lowest BCUT2D eigenvalue weighted by atomic mass is 10.2. The van der Waals surface area contributed by atoms with Crippen LogP contribution in [0.5, 0.6) is 5.75 Å². The van der Waals surface area contributed by atoms with E-state index in [0.717, 1.165) is 27.9 Å². The van der Waals surface area contributed by atoms with E-state index in [9.17, 15) is 4.39 Å². The molecule has 1 aromatic heterocycles. The van der Waals surface area contributed by atoms with E-state index in [1.165, 1.54) is 12.1 Å². The molecule has 0 unspecified atom stereocenters. The average Bonchev–Trinajstić information content (AvgIpc) is 2.56. The normalized spacial score (nSPS) is 11.0. The molecule has 0 saturated heterocycles. The Bertz CT molecular complexity index is 816. The zero-order valence-electron chi connectivity index (χ0n) is 12.0. The van der Waals surface area contributed by atoms with Crippen LogP contribution in [0.1, 0.15) is 5.56 Å². The molecule has 0 spiro atoms. The maximum Gasteiger partial charge on any atom is 0.123 e. The number of nitrogens with one attached hydrogen (secondary N) is 1. The number of hydrogen-bond donors (Lipinski definition) is 1. The van der Waals surface area contributed by atoms with E-state index in [-0.39, 0.29) is 5.82 Å². The number of aromatic nitrogens is 1. The number of hydrazone groups is 1. The van der Waals surface area contributed by atoms with Gasteiger partial charge >= 0.3 is 0 Å². The molecule has 110 valence electrons. The van der Waals surface area contributed by atoms with Gasteiger partial charge in [0.2, 0.25) is 0 Å². The van der Waals surface area contributed by atoms with Gasteiger partial charge in [-0.3, -0.25) is 10.4 Å². The summed E-state index contributed by atoms with van der Waals surface area (Å²) in [6.07, 6.45) is 3.34. The lowest BCUT2D eigenvalue weighted by Crippen LogP contribution is -1.93. The van der Waals surface area contributed by atoms with Crippen molar-refractivity contribution in [2.75, 3.05) is 12.5 Å². The highest BCUT2D eigenvalue weighted by Crippen LogP contribution is 2.25. The molecule has 3 rings (SSSR count). The molecule has 1 N–H and O–H groups in total. The number of rotatable bonds is 4. The lowest BCUT2D eigenvalue weighted by molar-refractivity contribution is 0.415. The summed E-state index contributed by atoms with van der Waals surface area (Å²) in [4.78, 5) is 4.31. The van der Waals surface area contributed by atoms with E-state index >= 15 is 0 Å². The van der Waals surface area contributed by atoms with Crippen molar-refractivity contribution in [1.29, 1.82) is 0 Å². The summed E-state index contributed by atoms with van der Waals surface area (Å²) in [5.74, 6) is 0.492. The van der Waals surface area contributed by atoms with Crippen LogP contribution in [0.2, 0.25) is 0 Å². The summed E-state index contributed by atoms with van der Waals surface area (Å²) < 4.78 is 18.0. The smallest absolute Gasteiger partial charge is 0.123 e. The first kappa shape index (κ1) is 14.0. The Hall–Kier alpha value is -2.95. The summed E-state index contributed by atoms with van der Waals surface area (Å²) in [6, 6.07) is 13.6. The highest BCUT2D eigenvalue weighted by molar-refractivity contribution is 5.92. The predicted molar refractivity (Wildman–Crippen MR) is 85.9 cm³/mol. The molecule has 0 aliphatic rings. The monoisotopic (exact) mass is 295 g/mol. The van der Waals surface area contributed by atoms with Crippen LogP contribution in [0.15, 0.2) is 59.8 Å². The molecule has 1 heterocycles. The Kier molecular flexibility index (Phi) is 3.96. The van der Waals surface area contributed by atoms with Crippen LogP contribution in [-0.4, -0.2) is 18.3 Å². The maximum atomic E-state index is 12.8. The third kappa shape index (κ3) is 3.03. The summed E-state index contributed by atoms with van der Waals surface area (Å²) in [7, 11) is 1.62. The number of hydrogen-bond acceptors (Lipinski definition) is 4. The van der Waals surface area contributed by atoms with Crippen LogP contribution in [-0.2, 0) is 0 Å². The van der Waals surface area contributed by atoms with Crippen LogP contribution in [0, 0.1) is 5.82 Å². The van der Waals surface area contributed by atoms with Crippen LogP contribution in [0.3, 0.4) is 0 Å². The number of fused-ring (bicyclic) bond motifs is 1. The van der Waals surface area contributed by atoms with Gasteiger partial charge in [0, 0.05) is 17.6 Å². The van der Waals surface area contributed by atoms with E-state index in [0.29, 0.717) is 0 Å². The minimum atomic E-state index is -0.265. The van der Waals surface area contributed by atoms with Gasteiger partial charge in [0.1, 0.15) is 11.6 Å². The molecule has 0 aliphatic heterocycles. The summed E-state index contributed by atoms with van der Waals surface area (Å²) in [5, 5.41) is 5.12. The van der Waals surface area contributed by atoms with Gasteiger partial charge in [0.15, 0.2) is 0 Å². The van der Waals surface area contributed by atoms with Gasteiger partial charge in [0.05, 0.1) is 24.5 Å². The number of ether oxygens (including phenoxy) is 1. The predicted octanol–water partition coefficient (Wildman–Crippen LogP) is 3.83. The Morgan fingerprint density at radius 1 is 1.14 bits per heavy atom. The molecule has 5 heteroatoms. The second kappa shape index (κ2) is 6.22. The zero-order chi connectivity index (χ0) is 15.4. The number of pyridine rings is 1. The fourth-order valence-corrected chi connectivity index (χ4v) is 2.08. The van der Waals surface area contributed by atoms with Crippen LogP contribution in [0.4, 0.5) is 10.1 Å². The minimum absolute atomic E-state index is 0.265. The Labute approximate surface area is 127 Å². The van der Waals surface area contributed by atoms with E-state index < -0.39 is 0 Å². The SMILES string of the molecule is COc1ccc2c(N/N=C/c3ccc(F)cc3)ccnc2c1. The molecule has 0 radical (unpaired) electrons. The van der Waals surface area contributed by atoms with E-state index in [1.54, 1.807) is 31.7 Å². The van der Waals surface area contributed by atoms with Gasteiger partial charge in [-0.25, -0.2) is 4.39 Å². The molecule has 0 fully saturated rings. The average molecular weight is 295 g/mol. The molecule has 4 nitrogen and oxygen atoms in total. The molecular weight excluding hydrogens is 281 g/mol. The third-order valence-electron chi connectivity index (χ3n) is 3.22. The first-order chi connectivity index (χ1) is 10.8. The number of nitrogens with zero attached hydrogens (tertiary/aromatic N) is 2. The minimum Gasteiger partial charge on any atom is -0.497 e. The zero-order valence-corrected chi connectivity index (χ0v) is 12.0. The standard InChI is InChI=1S/C17H14FN3O/c1-22-14-6-7-15-16(8-9-19-17(15)10-14)21-20-11-12-2-4-13(18)5-3-12/h2-11H,1H3,(H,19,21)/b20-11+. The van der Waals surface area contributed by atoms with E-state index in [1.807, 2.05) is 24.3 Å². The van der Waals surface area contributed by atoms with Crippen molar-refractivity contribution in [3.05, 3.63) is 66.1 Å². The topological polar surface area (TPSA) is 46.5 Å². The van der Waals surface area contributed by atoms with Crippen molar-refractivity contribution in [2.24, 2.45) is 5.10 Å². The third-order valence-corrected chi connectivity index (χ3v) is 3.22. The largest absolute Gasteiger partial charge is 0.497 e. The van der Waals surface area contributed by atoms with E-state index in [4.69, 9.17) is 4.74 Å². The molecule has 2 aromatic carbocycles. The molecular formula is C17H14FN3O. The van der Waals surface area contributed by atoms with Crippen molar-refractivity contribution in [3.63, 3.8) is 0 Å². The summed E-state index contributed by atoms with van der Waals surface area (Å²) in [5.41, 5.74) is 5.46. The number of anilines is 1. The van der Waals surface area contributed by atoms with Gasteiger partial charge in [-0.15, -0.1) is 0 Å². The molecule has 0 atom stereocenters. The number of benzene rings is 2. The highest BCUT2D eigenvalue weighted by Gasteiger charge is 2.02. The summed E-state index contributed by atoms with van der Waals surface area (Å²) >= 11 is 0. The molecule has 22 heavy (non-hydrogen) atoms.